The maximum atomic E-state index is 6.98. The Balaban J connectivity index is 0.643. The Morgan fingerprint density at radius 3 is 1.24 bits per heavy atom. The summed E-state index contributed by atoms with van der Waals surface area (Å²) in [4.78, 5) is 32.6. The quantitative estimate of drug-likeness (QED) is 0.142. The second kappa shape index (κ2) is 24.7. The fraction of sp³-hybridized carbons (Fsp3) is 0. The third kappa shape index (κ3) is 9.32. The predicted molar refractivity (Wildman–Crippen MR) is 504 cm³/mol. The zero-order valence-electron chi connectivity index (χ0n) is 64.9. The number of aromatic nitrogens is 10. The molecule has 0 aliphatic heterocycles. The van der Waals surface area contributed by atoms with Crippen LogP contribution < -0.4 is 0 Å². The fourth-order valence-electron chi connectivity index (χ4n) is 20.4. The Kier molecular flexibility index (Phi) is 13.3. The van der Waals surface area contributed by atoms with Gasteiger partial charge in [0.1, 0.15) is 11.2 Å². The summed E-state index contributed by atoms with van der Waals surface area (Å²) < 4.78 is 19.3. The van der Waals surface area contributed by atoms with E-state index in [-0.39, 0.29) is 0 Å². The molecule has 0 aliphatic rings. The van der Waals surface area contributed by atoms with E-state index in [4.69, 9.17) is 34.3 Å². The van der Waals surface area contributed by atoms with Crippen LogP contribution in [0.2, 0.25) is 0 Å². The first-order valence-electron chi connectivity index (χ1n) is 41.3. The number of hydrogen-bond acceptors (Lipinski definition) is 8. The van der Waals surface area contributed by atoms with Gasteiger partial charge in [0.15, 0.2) is 34.9 Å². The Morgan fingerprint density at radius 2 is 0.631 bits per heavy atom. The molecule has 0 amide bonds. The average molecular weight is 1570 g/mol. The van der Waals surface area contributed by atoms with E-state index in [9.17, 15) is 0 Å². The van der Waals surface area contributed by atoms with E-state index in [1.807, 2.05) is 65.9 Å². The molecule has 562 valence electrons. The molecule has 0 spiro atoms. The predicted octanol–water partition coefficient (Wildman–Crippen LogP) is 28.8. The highest BCUT2D eigenvalue weighted by molar-refractivity contribution is 7.26. The number of nitrogens with zero attached hydrogens (tertiary/aromatic N) is 10. The molecule has 28 rings (SSSR count). The van der Waals surface area contributed by atoms with Gasteiger partial charge in [0.25, 0.3) is 0 Å². The van der Waals surface area contributed by atoms with Crippen LogP contribution in [0.1, 0.15) is 0 Å². The van der Waals surface area contributed by atoms with Crippen LogP contribution in [-0.4, -0.2) is 47.8 Å². The fourth-order valence-corrected chi connectivity index (χ4v) is 21.6. The lowest BCUT2D eigenvalue weighted by Gasteiger charge is -2.14. The molecule has 28 aromatic rings. The highest BCUT2D eigenvalue weighted by Gasteiger charge is 2.30. The summed E-state index contributed by atoms with van der Waals surface area (Å²) in [6.45, 7) is 0. The van der Waals surface area contributed by atoms with Crippen molar-refractivity contribution >= 4 is 195 Å². The summed E-state index contributed by atoms with van der Waals surface area (Å²) in [5.74, 6) is 3.41. The lowest BCUT2D eigenvalue weighted by molar-refractivity contribution is 0.669. The number of benzene rings is 18. The number of furan rings is 1. The van der Waals surface area contributed by atoms with Gasteiger partial charge in [0.2, 0.25) is 0 Å². The van der Waals surface area contributed by atoms with Crippen LogP contribution in [0.25, 0.3) is 274 Å². The van der Waals surface area contributed by atoms with E-state index >= 15 is 0 Å². The van der Waals surface area contributed by atoms with Crippen molar-refractivity contribution in [3.63, 3.8) is 0 Å². The number of hydrogen-bond donors (Lipinski definition) is 0. The highest BCUT2D eigenvalue weighted by atomic mass is 32.1. The molecule has 0 unspecified atom stereocenters. The largest absolute Gasteiger partial charge is 0.455 e. The second-order valence-corrected chi connectivity index (χ2v) is 33.5. The smallest absolute Gasteiger partial charge is 0.167 e. The molecule has 0 N–H and O–H groups in total. The summed E-state index contributed by atoms with van der Waals surface area (Å²) in [6, 6.07) is 132. The summed E-state index contributed by atoms with van der Waals surface area (Å²) >= 11 is 1.81. The standard InChI is InChI=1S/C110H60N10OS/c1-4-23-62(24-5-1)105-112-108(114-109(113-105)87-54-71(56-99-100(87)79-36-17-21-42-98(79)122-99)118-92-52-69-32-13-10-29-66(69)49-80(92)83-57-82-77-38-22-37-76-73-33-14-18-39-89(73)119(102(76)77)95(82)59-93(83)118)65-45-43-61(44-46-65)72-47-48-78-74-34-15-19-40-90(74)120-96-60-94-84(58-86(96)101(72)103(78)120)81-50-67-30-11-12-31-68(67)51-91(81)117(94)70-53-85-75-35-16-20-41-97(75)121-104(85)88(55-70)110-115-106(63-25-6-2-7-26-63)111-107(116-110)64-27-8-3-9-28-64/h1-60H. The van der Waals surface area contributed by atoms with Gasteiger partial charge in [-0.15, -0.1) is 11.3 Å². The molecule has 0 aliphatic carbocycles. The first kappa shape index (κ1) is 65.8. The summed E-state index contributed by atoms with van der Waals surface area (Å²) in [6.07, 6.45) is 0. The van der Waals surface area contributed by atoms with Gasteiger partial charge in [0.05, 0.1) is 60.7 Å². The van der Waals surface area contributed by atoms with Crippen LogP contribution in [0, 0.1) is 0 Å². The molecule has 10 heterocycles. The number of thiophene rings is 1. The minimum Gasteiger partial charge on any atom is -0.455 e. The maximum absolute atomic E-state index is 6.98. The molecule has 0 saturated carbocycles. The third-order valence-electron chi connectivity index (χ3n) is 25.8. The van der Waals surface area contributed by atoms with Crippen LogP contribution in [-0.2, 0) is 0 Å². The van der Waals surface area contributed by atoms with Crippen LogP contribution >= 0.6 is 11.3 Å². The van der Waals surface area contributed by atoms with Gasteiger partial charge >= 0.3 is 0 Å². The van der Waals surface area contributed by atoms with Gasteiger partial charge in [-0.2, -0.15) is 0 Å². The molecule has 122 heavy (non-hydrogen) atoms. The molecule has 11 nitrogen and oxygen atoms in total. The molecule has 0 fully saturated rings. The Hall–Kier alpha value is -16.3. The van der Waals surface area contributed by atoms with E-state index in [1.54, 1.807) is 0 Å². The SMILES string of the molecule is c1ccc(-c2nc(-c3ccccc3)nc(-c3cc(-n4c5cc6ccccc6cc5c5cc6c7c(-c8ccc(-c9nc(-c%10ccccc%10)nc(-c%10cc(-n%11c%12cc%13ccccc%13cc%12c%12cc%13c%14cccc%15c%16ccccc%16n(c%13cc%12%11)c%15%14)cc%11sc%12ccccc%12c%10%11)n9)cc8)ccc8c9ccccc9n(c6cc54)c87)cc4c3oc3ccccc34)n2)cc1. The van der Waals surface area contributed by atoms with Crippen molar-refractivity contribution in [2.75, 3.05) is 0 Å². The minimum absolute atomic E-state index is 0.510. The van der Waals surface area contributed by atoms with Crippen molar-refractivity contribution in [1.82, 2.24) is 47.8 Å². The first-order chi connectivity index (χ1) is 60.4. The number of fused-ring (bicyclic) bond motifs is 26. The van der Waals surface area contributed by atoms with Gasteiger partial charge in [-0.3, -0.25) is 0 Å². The van der Waals surface area contributed by atoms with E-state index < -0.39 is 0 Å². The Morgan fingerprint density at radius 1 is 0.213 bits per heavy atom. The lowest BCUT2D eigenvalue weighted by atomic mass is 9.96. The van der Waals surface area contributed by atoms with Gasteiger partial charge in [-0.05, 0) is 130 Å². The molecule has 10 aromatic heterocycles. The first-order valence-corrected chi connectivity index (χ1v) is 42.1. The van der Waals surface area contributed by atoms with Crippen molar-refractivity contribution in [1.29, 1.82) is 0 Å². The van der Waals surface area contributed by atoms with Crippen LogP contribution in [0.5, 0.6) is 0 Å². The molecular formula is C110H60N10OS. The minimum atomic E-state index is 0.510. The molecule has 0 radical (unpaired) electrons. The Bertz CT molecular complexity index is 9350. The van der Waals surface area contributed by atoms with E-state index in [0.717, 1.165) is 148 Å². The van der Waals surface area contributed by atoms with Crippen molar-refractivity contribution < 1.29 is 4.42 Å². The third-order valence-corrected chi connectivity index (χ3v) is 26.9. The topological polar surface area (TPSA) is 109 Å². The zero-order chi connectivity index (χ0) is 79.3. The van der Waals surface area contributed by atoms with Gasteiger partial charge in [0, 0.05) is 135 Å². The second-order valence-electron chi connectivity index (χ2n) is 32.4. The van der Waals surface area contributed by atoms with E-state index in [0.29, 0.717) is 40.5 Å². The van der Waals surface area contributed by atoms with Crippen LogP contribution in [0.4, 0.5) is 0 Å². The molecular weight excluding hydrogens is 1510 g/mol. The zero-order valence-corrected chi connectivity index (χ0v) is 65.7. The summed E-state index contributed by atoms with van der Waals surface area (Å²) in [5, 5.41) is 23.3. The van der Waals surface area contributed by atoms with Crippen molar-refractivity contribution in [2.45, 2.75) is 0 Å². The molecule has 18 aromatic carbocycles. The highest BCUT2D eigenvalue weighted by Crippen LogP contribution is 2.51. The van der Waals surface area contributed by atoms with Gasteiger partial charge in [-0.25, -0.2) is 29.9 Å². The molecule has 0 atom stereocenters. The van der Waals surface area contributed by atoms with Crippen molar-refractivity contribution in [2.24, 2.45) is 0 Å². The van der Waals surface area contributed by atoms with Crippen molar-refractivity contribution in [3.05, 3.63) is 364 Å². The lowest BCUT2D eigenvalue weighted by Crippen LogP contribution is -2.02. The normalized spacial score (nSPS) is 12.4. The Labute approximate surface area is 697 Å². The van der Waals surface area contributed by atoms with E-state index in [2.05, 4.69) is 327 Å². The van der Waals surface area contributed by atoms with E-state index in [1.165, 1.54) is 86.0 Å². The molecule has 0 saturated heterocycles. The van der Waals surface area contributed by atoms with Crippen molar-refractivity contribution in [3.8, 4) is 90.8 Å². The van der Waals surface area contributed by atoms with Crippen LogP contribution in [0.3, 0.4) is 0 Å². The van der Waals surface area contributed by atoms with Gasteiger partial charge < -0.3 is 22.4 Å². The maximum Gasteiger partial charge on any atom is 0.167 e. The molecule has 12 heteroatoms. The molecule has 0 bridgehead atoms. The average Bonchev–Trinajstić information content (AvgIpc) is 1.53. The summed E-state index contributed by atoms with van der Waals surface area (Å²) in [5.41, 5.74) is 22.3. The number of para-hydroxylation sites is 4. The van der Waals surface area contributed by atoms with Gasteiger partial charge in [-0.1, -0.05) is 267 Å². The monoisotopic (exact) mass is 1570 g/mol. The van der Waals surface area contributed by atoms with Crippen LogP contribution in [0.15, 0.2) is 368 Å². The number of rotatable bonds is 9. The summed E-state index contributed by atoms with van der Waals surface area (Å²) in [7, 11) is 0.